The van der Waals surface area contributed by atoms with Crippen LogP contribution in [-0.2, 0) is 11.2 Å². The SMILES string of the molecule is C=C(CNCCc1cccnc1)C(=O)O. The Morgan fingerprint density at radius 2 is 2.40 bits per heavy atom. The lowest BCUT2D eigenvalue weighted by Crippen LogP contribution is -2.22. The minimum atomic E-state index is -0.955. The lowest BCUT2D eigenvalue weighted by Gasteiger charge is -2.03. The first-order chi connectivity index (χ1) is 7.20. The molecule has 0 fully saturated rings. The molecule has 4 heteroatoms. The third kappa shape index (κ3) is 4.37. The molecule has 0 aliphatic heterocycles. The summed E-state index contributed by atoms with van der Waals surface area (Å²) in [5.74, 6) is -0.955. The second kappa shape index (κ2) is 5.93. The van der Waals surface area contributed by atoms with Crippen LogP contribution in [0.2, 0.25) is 0 Å². The number of carbonyl (C=O) groups is 1. The van der Waals surface area contributed by atoms with Gasteiger partial charge >= 0.3 is 5.97 Å². The molecule has 0 aliphatic carbocycles. The van der Waals surface area contributed by atoms with Gasteiger partial charge in [-0.1, -0.05) is 12.6 Å². The van der Waals surface area contributed by atoms with Gasteiger partial charge in [0.25, 0.3) is 0 Å². The van der Waals surface area contributed by atoms with Crippen molar-refractivity contribution in [3.63, 3.8) is 0 Å². The van der Waals surface area contributed by atoms with Crippen LogP contribution in [0.5, 0.6) is 0 Å². The largest absolute Gasteiger partial charge is 0.478 e. The van der Waals surface area contributed by atoms with Crippen molar-refractivity contribution in [3.8, 4) is 0 Å². The van der Waals surface area contributed by atoms with Crippen molar-refractivity contribution in [3.05, 3.63) is 42.2 Å². The van der Waals surface area contributed by atoms with Crippen molar-refractivity contribution in [1.29, 1.82) is 0 Å². The van der Waals surface area contributed by atoms with E-state index in [-0.39, 0.29) is 5.57 Å². The van der Waals surface area contributed by atoms with E-state index in [4.69, 9.17) is 5.11 Å². The van der Waals surface area contributed by atoms with Crippen molar-refractivity contribution in [2.45, 2.75) is 6.42 Å². The van der Waals surface area contributed by atoms with E-state index in [2.05, 4.69) is 16.9 Å². The van der Waals surface area contributed by atoms with E-state index in [0.29, 0.717) is 6.54 Å². The van der Waals surface area contributed by atoms with Gasteiger partial charge in [-0.2, -0.15) is 0 Å². The van der Waals surface area contributed by atoms with Gasteiger partial charge in [-0.05, 0) is 24.6 Å². The first kappa shape index (κ1) is 11.4. The van der Waals surface area contributed by atoms with E-state index in [1.54, 1.807) is 12.4 Å². The third-order valence-electron chi connectivity index (χ3n) is 1.95. The van der Waals surface area contributed by atoms with Crippen LogP contribution in [0.25, 0.3) is 0 Å². The average molecular weight is 206 g/mol. The quantitative estimate of drug-likeness (QED) is 0.535. The minimum Gasteiger partial charge on any atom is -0.478 e. The monoisotopic (exact) mass is 206 g/mol. The predicted octanol–water partition coefficient (Wildman–Crippen LogP) is 0.854. The topological polar surface area (TPSA) is 62.2 Å². The first-order valence-corrected chi connectivity index (χ1v) is 4.71. The number of rotatable bonds is 6. The molecule has 80 valence electrons. The smallest absolute Gasteiger partial charge is 0.332 e. The fraction of sp³-hybridized carbons (Fsp3) is 0.273. The van der Waals surface area contributed by atoms with Crippen LogP contribution in [0.4, 0.5) is 0 Å². The Labute approximate surface area is 88.7 Å². The zero-order valence-electron chi connectivity index (χ0n) is 8.44. The zero-order valence-corrected chi connectivity index (χ0v) is 8.44. The maximum absolute atomic E-state index is 10.4. The van der Waals surface area contributed by atoms with E-state index in [1.807, 2.05) is 12.1 Å². The van der Waals surface area contributed by atoms with Crippen molar-refractivity contribution in [1.82, 2.24) is 10.3 Å². The molecule has 1 aromatic heterocycles. The fourth-order valence-corrected chi connectivity index (χ4v) is 1.09. The van der Waals surface area contributed by atoms with E-state index in [9.17, 15) is 4.79 Å². The molecule has 0 unspecified atom stereocenters. The molecule has 0 bridgehead atoms. The van der Waals surface area contributed by atoms with Gasteiger partial charge in [0, 0.05) is 24.5 Å². The predicted molar refractivity (Wildman–Crippen MR) is 57.6 cm³/mol. The minimum absolute atomic E-state index is 0.182. The molecule has 4 nitrogen and oxygen atoms in total. The van der Waals surface area contributed by atoms with Gasteiger partial charge in [0.1, 0.15) is 0 Å². The van der Waals surface area contributed by atoms with E-state index < -0.39 is 5.97 Å². The summed E-state index contributed by atoms with van der Waals surface area (Å²) in [5, 5.41) is 11.6. The number of hydrogen-bond donors (Lipinski definition) is 2. The van der Waals surface area contributed by atoms with Crippen LogP contribution in [0.3, 0.4) is 0 Å². The number of carboxylic acids is 1. The van der Waals surface area contributed by atoms with Crippen LogP contribution < -0.4 is 5.32 Å². The van der Waals surface area contributed by atoms with Crippen LogP contribution in [0.15, 0.2) is 36.7 Å². The van der Waals surface area contributed by atoms with Crippen LogP contribution >= 0.6 is 0 Å². The number of nitrogens with zero attached hydrogens (tertiary/aromatic N) is 1. The molecule has 15 heavy (non-hydrogen) atoms. The summed E-state index contributed by atoms with van der Waals surface area (Å²) in [7, 11) is 0. The number of carboxylic acid groups (broad SMARTS) is 1. The summed E-state index contributed by atoms with van der Waals surface area (Å²) in [6, 6.07) is 3.87. The summed E-state index contributed by atoms with van der Waals surface area (Å²) in [6.45, 7) is 4.46. The van der Waals surface area contributed by atoms with Crippen molar-refractivity contribution >= 4 is 5.97 Å². The van der Waals surface area contributed by atoms with Gasteiger partial charge in [-0.15, -0.1) is 0 Å². The lowest BCUT2D eigenvalue weighted by atomic mass is 10.2. The summed E-state index contributed by atoms with van der Waals surface area (Å²) in [4.78, 5) is 14.4. The Kier molecular flexibility index (Phi) is 4.50. The Morgan fingerprint density at radius 1 is 1.60 bits per heavy atom. The molecule has 0 saturated heterocycles. The van der Waals surface area contributed by atoms with Gasteiger partial charge in [0.15, 0.2) is 0 Å². The second-order valence-corrected chi connectivity index (χ2v) is 3.20. The summed E-state index contributed by atoms with van der Waals surface area (Å²) in [5.41, 5.74) is 1.31. The van der Waals surface area contributed by atoms with Crippen molar-refractivity contribution in [2.24, 2.45) is 0 Å². The number of aliphatic carboxylic acids is 1. The van der Waals surface area contributed by atoms with Crippen molar-refractivity contribution < 1.29 is 9.90 Å². The summed E-state index contributed by atoms with van der Waals surface area (Å²) >= 11 is 0. The molecule has 1 aromatic rings. The van der Waals surface area contributed by atoms with Crippen LogP contribution in [-0.4, -0.2) is 29.1 Å². The molecular formula is C11H14N2O2. The van der Waals surface area contributed by atoms with E-state index in [0.717, 1.165) is 18.5 Å². The Morgan fingerprint density at radius 3 is 3.00 bits per heavy atom. The molecule has 1 heterocycles. The highest BCUT2D eigenvalue weighted by Crippen LogP contribution is 1.95. The Bertz CT molecular complexity index is 336. The van der Waals surface area contributed by atoms with Gasteiger partial charge in [-0.3, -0.25) is 4.98 Å². The van der Waals surface area contributed by atoms with Crippen LogP contribution in [0.1, 0.15) is 5.56 Å². The van der Waals surface area contributed by atoms with Crippen LogP contribution in [0, 0.1) is 0 Å². The van der Waals surface area contributed by atoms with E-state index in [1.165, 1.54) is 0 Å². The molecular weight excluding hydrogens is 192 g/mol. The summed E-state index contributed by atoms with van der Waals surface area (Å²) in [6.07, 6.45) is 4.36. The molecule has 1 rings (SSSR count). The second-order valence-electron chi connectivity index (χ2n) is 3.20. The van der Waals surface area contributed by atoms with Gasteiger partial charge in [0.2, 0.25) is 0 Å². The number of pyridine rings is 1. The molecule has 0 radical (unpaired) electrons. The number of nitrogens with one attached hydrogen (secondary N) is 1. The Balaban J connectivity index is 2.18. The third-order valence-corrected chi connectivity index (χ3v) is 1.95. The molecule has 0 aromatic carbocycles. The maximum Gasteiger partial charge on any atom is 0.332 e. The average Bonchev–Trinajstić information content (AvgIpc) is 2.25. The first-order valence-electron chi connectivity index (χ1n) is 4.71. The van der Waals surface area contributed by atoms with Gasteiger partial charge < -0.3 is 10.4 Å². The van der Waals surface area contributed by atoms with Gasteiger partial charge in [-0.25, -0.2) is 4.79 Å². The fourth-order valence-electron chi connectivity index (χ4n) is 1.09. The molecule has 0 saturated carbocycles. The molecule has 2 N–H and O–H groups in total. The standard InChI is InChI=1S/C11H14N2O2/c1-9(11(14)15)7-13-6-4-10-3-2-5-12-8-10/h2-3,5,8,13H,1,4,6-7H2,(H,14,15). The Hall–Kier alpha value is -1.68. The van der Waals surface area contributed by atoms with Gasteiger partial charge in [0.05, 0.1) is 0 Å². The molecule has 0 atom stereocenters. The molecule has 0 aliphatic rings. The van der Waals surface area contributed by atoms with Crippen molar-refractivity contribution in [2.75, 3.05) is 13.1 Å². The maximum atomic E-state index is 10.4. The molecule has 0 spiro atoms. The summed E-state index contributed by atoms with van der Waals surface area (Å²) < 4.78 is 0. The number of aromatic nitrogens is 1. The highest BCUT2D eigenvalue weighted by molar-refractivity contribution is 5.86. The normalized spacial score (nSPS) is 9.87. The highest BCUT2D eigenvalue weighted by Gasteiger charge is 2.01. The number of hydrogen-bond acceptors (Lipinski definition) is 3. The highest BCUT2D eigenvalue weighted by atomic mass is 16.4. The lowest BCUT2D eigenvalue weighted by molar-refractivity contribution is -0.132. The zero-order chi connectivity index (χ0) is 11.1. The molecule has 0 amide bonds. The van der Waals surface area contributed by atoms with E-state index >= 15 is 0 Å².